The van der Waals surface area contributed by atoms with E-state index in [0.717, 1.165) is 16.0 Å². The van der Waals surface area contributed by atoms with Crippen molar-refractivity contribution in [2.45, 2.75) is 20.4 Å². The lowest BCUT2D eigenvalue weighted by Crippen LogP contribution is -2.39. The van der Waals surface area contributed by atoms with Gasteiger partial charge in [0.05, 0.1) is 12.2 Å². The Morgan fingerprint density at radius 2 is 1.69 bits per heavy atom. The lowest BCUT2D eigenvalue weighted by atomic mass is 10.2. The molecule has 2 aromatic carbocycles. The molecule has 0 spiro atoms. The first-order chi connectivity index (χ1) is 15.3. The van der Waals surface area contributed by atoms with Gasteiger partial charge in [0.25, 0.3) is 5.56 Å². The van der Waals surface area contributed by atoms with Crippen LogP contribution in [0.2, 0.25) is 0 Å². The molecule has 0 aliphatic rings. The zero-order chi connectivity index (χ0) is 22.7. The lowest BCUT2D eigenvalue weighted by Gasteiger charge is -2.09. The molecule has 0 radical (unpaired) electrons. The van der Waals surface area contributed by atoms with Crippen LogP contribution in [-0.2, 0) is 13.6 Å². The van der Waals surface area contributed by atoms with Gasteiger partial charge in [0.2, 0.25) is 5.78 Å². The maximum Gasteiger partial charge on any atom is 0.332 e. The standard InChI is InChI=1S/C23H20FN5O3/c1-13-14(2)29-19-20(25-22(29)28(13)17-10-6-7-11-18(17)30)26(3)23(32)27(21(19)31)12-15-8-4-5-9-16(15)24/h4-11,30H,12H2,1-3H3. The molecule has 3 heterocycles. The van der Waals surface area contributed by atoms with Crippen molar-refractivity contribution in [3.05, 3.63) is 92.1 Å². The van der Waals surface area contributed by atoms with Gasteiger partial charge in [-0.25, -0.2) is 9.18 Å². The molecule has 3 aromatic heterocycles. The highest BCUT2D eigenvalue weighted by atomic mass is 19.1. The number of hydrogen-bond acceptors (Lipinski definition) is 4. The normalized spacial score (nSPS) is 11.6. The molecule has 32 heavy (non-hydrogen) atoms. The van der Waals surface area contributed by atoms with E-state index in [1.54, 1.807) is 51.4 Å². The third-order valence-electron chi connectivity index (χ3n) is 5.93. The van der Waals surface area contributed by atoms with E-state index < -0.39 is 17.1 Å². The minimum Gasteiger partial charge on any atom is -0.506 e. The molecule has 0 atom stereocenters. The average Bonchev–Trinajstić information content (AvgIpc) is 3.27. The number of halogens is 1. The van der Waals surface area contributed by atoms with Gasteiger partial charge in [0.15, 0.2) is 11.2 Å². The van der Waals surface area contributed by atoms with Crippen molar-refractivity contribution in [1.29, 1.82) is 0 Å². The maximum atomic E-state index is 14.2. The van der Waals surface area contributed by atoms with E-state index in [2.05, 4.69) is 4.98 Å². The van der Waals surface area contributed by atoms with E-state index in [0.29, 0.717) is 11.5 Å². The van der Waals surface area contributed by atoms with E-state index in [4.69, 9.17) is 0 Å². The minimum absolute atomic E-state index is 0.0611. The van der Waals surface area contributed by atoms with Crippen LogP contribution in [0, 0.1) is 19.7 Å². The first-order valence-corrected chi connectivity index (χ1v) is 10.0. The summed E-state index contributed by atoms with van der Waals surface area (Å²) < 4.78 is 19.9. The summed E-state index contributed by atoms with van der Waals surface area (Å²) in [6.07, 6.45) is 0. The topological polar surface area (TPSA) is 86.5 Å². The number of aryl methyl sites for hydroxylation is 2. The molecule has 1 N–H and O–H groups in total. The predicted octanol–water partition coefficient (Wildman–Crippen LogP) is 2.65. The number of hydrogen-bond donors (Lipinski definition) is 1. The Bertz CT molecular complexity index is 1650. The number of fused-ring (bicyclic) bond motifs is 3. The van der Waals surface area contributed by atoms with Crippen molar-refractivity contribution in [2.24, 2.45) is 7.05 Å². The van der Waals surface area contributed by atoms with Gasteiger partial charge in [-0.2, -0.15) is 4.98 Å². The van der Waals surface area contributed by atoms with Crippen LogP contribution in [0.3, 0.4) is 0 Å². The van der Waals surface area contributed by atoms with E-state index in [-0.39, 0.29) is 29.0 Å². The third-order valence-corrected chi connectivity index (χ3v) is 5.93. The van der Waals surface area contributed by atoms with Crippen LogP contribution in [0.15, 0.2) is 58.1 Å². The van der Waals surface area contributed by atoms with E-state index in [1.165, 1.54) is 17.7 Å². The van der Waals surface area contributed by atoms with Crippen molar-refractivity contribution < 1.29 is 9.50 Å². The number of aromatic hydroxyl groups is 1. The molecule has 0 fully saturated rings. The summed E-state index contributed by atoms with van der Waals surface area (Å²) in [7, 11) is 1.53. The van der Waals surface area contributed by atoms with Gasteiger partial charge in [-0.3, -0.25) is 22.9 Å². The number of phenols is 1. The average molecular weight is 433 g/mol. The fourth-order valence-corrected chi connectivity index (χ4v) is 4.13. The van der Waals surface area contributed by atoms with Gasteiger partial charge in [0, 0.05) is 24.0 Å². The summed E-state index contributed by atoms with van der Waals surface area (Å²) in [5.41, 5.74) is 1.55. The highest BCUT2D eigenvalue weighted by Crippen LogP contribution is 2.29. The number of aromatic nitrogens is 5. The van der Waals surface area contributed by atoms with Gasteiger partial charge in [-0.1, -0.05) is 30.3 Å². The quantitative estimate of drug-likeness (QED) is 0.474. The molecule has 162 valence electrons. The molecule has 5 rings (SSSR count). The zero-order valence-corrected chi connectivity index (χ0v) is 17.7. The van der Waals surface area contributed by atoms with E-state index in [9.17, 15) is 19.1 Å². The summed E-state index contributed by atoms with van der Waals surface area (Å²) in [5.74, 6) is -0.0315. The number of nitrogens with zero attached hydrogens (tertiary/aromatic N) is 5. The molecule has 0 amide bonds. The molecule has 0 saturated carbocycles. The summed E-state index contributed by atoms with van der Waals surface area (Å²) in [4.78, 5) is 31.1. The summed E-state index contributed by atoms with van der Waals surface area (Å²) in [6.45, 7) is 3.51. The van der Waals surface area contributed by atoms with Crippen LogP contribution in [0.4, 0.5) is 4.39 Å². The van der Waals surface area contributed by atoms with Crippen LogP contribution in [0.5, 0.6) is 5.75 Å². The highest BCUT2D eigenvalue weighted by molar-refractivity contribution is 5.77. The minimum atomic E-state index is -0.588. The number of imidazole rings is 2. The van der Waals surface area contributed by atoms with Crippen LogP contribution < -0.4 is 11.2 Å². The van der Waals surface area contributed by atoms with Gasteiger partial charge in [-0.05, 0) is 32.0 Å². The fourth-order valence-electron chi connectivity index (χ4n) is 4.13. The highest BCUT2D eigenvalue weighted by Gasteiger charge is 2.24. The van der Waals surface area contributed by atoms with Gasteiger partial charge < -0.3 is 5.11 Å². The first-order valence-electron chi connectivity index (χ1n) is 10.0. The summed E-state index contributed by atoms with van der Waals surface area (Å²) >= 11 is 0. The smallest absolute Gasteiger partial charge is 0.332 e. The Kier molecular flexibility index (Phi) is 4.30. The Labute approximate surface area is 181 Å². The van der Waals surface area contributed by atoms with Crippen LogP contribution in [-0.4, -0.2) is 28.2 Å². The molecule has 9 heteroatoms. The summed E-state index contributed by atoms with van der Waals surface area (Å²) in [5, 5.41) is 10.4. The van der Waals surface area contributed by atoms with Crippen LogP contribution >= 0.6 is 0 Å². The molecule has 0 bridgehead atoms. The second-order valence-corrected chi connectivity index (χ2v) is 7.74. The predicted molar refractivity (Wildman–Crippen MR) is 118 cm³/mol. The van der Waals surface area contributed by atoms with Crippen molar-refractivity contribution in [2.75, 3.05) is 0 Å². The van der Waals surface area contributed by atoms with Crippen molar-refractivity contribution >= 4 is 16.9 Å². The molecule has 0 saturated heterocycles. The molecule has 0 unspecified atom stereocenters. The number of phenolic OH excluding ortho intramolecular Hbond substituents is 1. The van der Waals surface area contributed by atoms with Gasteiger partial charge >= 0.3 is 5.69 Å². The molecular weight excluding hydrogens is 413 g/mol. The Morgan fingerprint density at radius 1 is 1.00 bits per heavy atom. The number of para-hydroxylation sites is 2. The number of rotatable bonds is 3. The Balaban J connectivity index is 1.87. The van der Waals surface area contributed by atoms with Gasteiger partial charge in [-0.15, -0.1) is 0 Å². The first kappa shape index (κ1) is 19.8. The van der Waals surface area contributed by atoms with Crippen LogP contribution in [0.25, 0.3) is 22.6 Å². The SMILES string of the molecule is Cc1c(C)n2c3c(=O)n(Cc4ccccc4F)c(=O)n(C)c3nc2n1-c1ccccc1O. The molecular formula is C23H20FN5O3. The van der Waals surface area contributed by atoms with Crippen LogP contribution in [0.1, 0.15) is 17.0 Å². The fraction of sp³-hybridized carbons (Fsp3) is 0.174. The Morgan fingerprint density at radius 3 is 2.41 bits per heavy atom. The Hall–Kier alpha value is -4.14. The lowest BCUT2D eigenvalue weighted by molar-refractivity contribution is 0.472. The monoisotopic (exact) mass is 433 g/mol. The summed E-state index contributed by atoms with van der Waals surface area (Å²) in [6, 6.07) is 12.9. The van der Waals surface area contributed by atoms with E-state index in [1.807, 2.05) is 13.8 Å². The van der Waals surface area contributed by atoms with Crippen molar-refractivity contribution in [1.82, 2.24) is 23.1 Å². The molecule has 8 nitrogen and oxygen atoms in total. The van der Waals surface area contributed by atoms with Crippen molar-refractivity contribution in [3.8, 4) is 11.4 Å². The van der Waals surface area contributed by atoms with E-state index >= 15 is 0 Å². The zero-order valence-electron chi connectivity index (χ0n) is 17.7. The molecule has 5 aromatic rings. The third kappa shape index (κ3) is 2.64. The second kappa shape index (κ2) is 6.94. The van der Waals surface area contributed by atoms with Gasteiger partial charge in [0.1, 0.15) is 11.6 Å². The molecule has 0 aliphatic heterocycles. The largest absolute Gasteiger partial charge is 0.506 e. The molecule has 0 aliphatic carbocycles. The second-order valence-electron chi connectivity index (χ2n) is 7.74. The number of benzene rings is 2. The maximum absolute atomic E-state index is 14.2. The van der Waals surface area contributed by atoms with Crippen molar-refractivity contribution in [3.63, 3.8) is 0 Å².